The molecule has 7 heteroatoms. The number of rotatable bonds is 8. The number of aliphatic hydroxyl groups is 1. The van der Waals surface area contributed by atoms with E-state index in [0.717, 1.165) is 11.1 Å². The quantitative estimate of drug-likeness (QED) is 0.344. The molecule has 0 aliphatic heterocycles. The van der Waals surface area contributed by atoms with Gasteiger partial charge >= 0.3 is 0 Å². The van der Waals surface area contributed by atoms with Crippen LogP contribution >= 0.6 is 0 Å². The van der Waals surface area contributed by atoms with E-state index in [1.807, 2.05) is 12.1 Å². The Balaban J connectivity index is 2.15. The van der Waals surface area contributed by atoms with Crippen LogP contribution in [0.2, 0.25) is 0 Å². The first-order valence-corrected chi connectivity index (χ1v) is 9.24. The Labute approximate surface area is 173 Å². The molecule has 30 heavy (non-hydrogen) atoms. The monoisotopic (exact) mass is 407 g/mol. The molecule has 154 valence electrons. The Hall–Kier alpha value is -3.71. The number of non-ortho nitro benzene ring substituents is 1. The highest BCUT2D eigenvalue weighted by Gasteiger charge is 2.20. The lowest BCUT2D eigenvalue weighted by molar-refractivity contribution is -0.384. The summed E-state index contributed by atoms with van der Waals surface area (Å²) >= 11 is 0. The molecule has 1 N–H and O–H groups in total. The summed E-state index contributed by atoms with van der Waals surface area (Å²) in [6.45, 7) is -0.0739. The molecule has 0 aromatic heterocycles. The SMILES string of the molecule is COc1ccc(-c2c(CCO)cccc2C(=O)c2ccc([N+](=O)[O-])cc2)cc1OC. The van der Waals surface area contributed by atoms with Gasteiger partial charge in [-0.3, -0.25) is 14.9 Å². The highest BCUT2D eigenvalue weighted by molar-refractivity contribution is 6.13. The Morgan fingerprint density at radius 2 is 1.70 bits per heavy atom. The summed E-state index contributed by atoms with van der Waals surface area (Å²) in [7, 11) is 3.07. The lowest BCUT2D eigenvalue weighted by atomic mass is 9.89. The molecule has 3 rings (SSSR count). The van der Waals surface area contributed by atoms with Crippen LogP contribution in [-0.2, 0) is 6.42 Å². The van der Waals surface area contributed by atoms with Crippen molar-refractivity contribution in [1.29, 1.82) is 0 Å². The van der Waals surface area contributed by atoms with Crippen LogP contribution in [0.3, 0.4) is 0 Å². The molecule has 0 aliphatic rings. The number of aliphatic hydroxyl groups excluding tert-OH is 1. The Morgan fingerprint density at radius 3 is 2.30 bits per heavy atom. The molecule has 3 aromatic rings. The van der Waals surface area contributed by atoms with Crippen molar-refractivity contribution in [2.24, 2.45) is 0 Å². The molecule has 0 saturated heterocycles. The Morgan fingerprint density at radius 1 is 1.00 bits per heavy atom. The molecule has 0 radical (unpaired) electrons. The van der Waals surface area contributed by atoms with E-state index in [1.54, 1.807) is 31.4 Å². The lowest BCUT2D eigenvalue weighted by Gasteiger charge is -2.16. The molecule has 3 aromatic carbocycles. The largest absolute Gasteiger partial charge is 0.493 e. The average Bonchev–Trinajstić information content (AvgIpc) is 2.78. The number of nitro groups is 1. The first kappa shape index (κ1) is 21.0. The van der Waals surface area contributed by atoms with Gasteiger partial charge < -0.3 is 14.6 Å². The maximum Gasteiger partial charge on any atom is 0.269 e. The Kier molecular flexibility index (Phi) is 6.44. The topological polar surface area (TPSA) is 98.9 Å². The summed E-state index contributed by atoms with van der Waals surface area (Å²) in [6.07, 6.45) is 0.366. The van der Waals surface area contributed by atoms with E-state index in [0.29, 0.717) is 34.6 Å². The average molecular weight is 407 g/mol. The van der Waals surface area contributed by atoms with E-state index in [-0.39, 0.29) is 18.1 Å². The fraction of sp³-hybridized carbons (Fsp3) is 0.174. The minimum Gasteiger partial charge on any atom is -0.493 e. The van der Waals surface area contributed by atoms with E-state index >= 15 is 0 Å². The molecular weight excluding hydrogens is 386 g/mol. The molecule has 0 heterocycles. The van der Waals surface area contributed by atoms with Crippen molar-refractivity contribution >= 4 is 11.5 Å². The zero-order valence-electron chi connectivity index (χ0n) is 16.6. The third-order valence-electron chi connectivity index (χ3n) is 4.79. The van der Waals surface area contributed by atoms with Gasteiger partial charge in [0.2, 0.25) is 0 Å². The van der Waals surface area contributed by atoms with Crippen molar-refractivity contribution in [3.63, 3.8) is 0 Å². The summed E-state index contributed by atoms with van der Waals surface area (Å²) in [5.41, 5.74) is 2.90. The number of methoxy groups -OCH3 is 2. The second-order valence-corrected chi connectivity index (χ2v) is 6.52. The summed E-state index contributed by atoms with van der Waals surface area (Å²) < 4.78 is 10.7. The summed E-state index contributed by atoms with van der Waals surface area (Å²) in [5.74, 6) is 0.807. The van der Waals surface area contributed by atoms with Gasteiger partial charge in [0.1, 0.15) is 0 Å². The molecule has 0 amide bonds. The van der Waals surface area contributed by atoms with Crippen LogP contribution in [0, 0.1) is 10.1 Å². The van der Waals surface area contributed by atoms with Crippen molar-refractivity contribution in [3.8, 4) is 22.6 Å². The number of carbonyl (C=O) groups excluding carboxylic acids is 1. The van der Waals surface area contributed by atoms with Crippen LogP contribution in [0.5, 0.6) is 11.5 Å². The number of ether oxygens (including phenoxy) is 2. The maximum absolute atomic E-state index is 13.3. The molecule has 0 saturated carbocycles. The molecule has 0 aliphatic carbocycles. The van der Waals surface area contributed by atoms with Crippen molar-refractivity contribution in [2.45, 2.75) is 6.42 Å². The first-order chi connectivity index (χ1) is 14.5. The molecule has 0 bridgehead atoms. The van der Waals surface area contributed by atoms with E-state index in [4.69, 9.17) is 9.47 Å². The molecule has 0 fully saturated rings. The van der Waals surface area contributed by atoms with Crippen LogP contribution < -0.4 is 9.47 Å². The number of hydrogen-bond acceptors (Lipinski definition) is 6. The van der Waals surface area contributed by atoms with Gasteiger partial charge in [-0.25, -0.2) is 0 Å². The molecular formula is C23H21NO6. The standard InChI is InChI=1S/C23H21NO6/c1-29-20-11-8-17(14-21(20)30-2)22-15(12-13-25)4-3-5-19(22)23(26)16-6-9-18(10-7-16)24(27)28/h3-11,14,25H,12-13H2,1-2H3. The third kappa shape index (κ3) is 4.16. The number of carbonyl (C=O) groups is 1. The maximum atomic E-state index is 13.3. The lowest BCUT2D eigenvalue weighted by Crippen LogP contribution is -2.07. The van der Waals surface area contributed by atoms with E-state index in [1.165, 1.54) is 31.4 Å². The number of nitrogens with zero attached hydrogens (tertiary/aromatic N) is 1. The highest BCUT2D eigenvalue weighted by atomic mass is 16.6. The van der Waals surface area contributed by atoms with Crippen LogP contribution in [-0.4, -0.2) is 36.6 Å². The van der Waals surface area contributed by atoms with Gasteiger partial charge in [-0.2, -0.15) is 0 Å². The van der Waals surface area contributed by atoms with Gasteiger partial charge in [-0.1, -0.05) is 24.3 Å². The predicted octanol–water partition coefficient (Wildman–Crippen LogP) is 4.04. The van der Waals surface area contributed by atoms with Crippen LogP contribution in [0.25, 0.3) is 11.1 Å². The predicted molar refractivity (Wildman–Crippen MR) is 112 cm³/mol. The third-order valence-corrected chi connectivity index (χ3v) is 4.79. The smallest absolute Gasteiger partial charge is 0.269 e. The van der Waals surface area contributed by atoms with Crippen LogP contribution in [0.4, 0.5) is 5.69 Å². The minimum absolute atomic E-state index is 0.0739. The second kappa shape index (κ2) is 9.19. The minimum atomic E-state index is -0.509. The van der Waals surface area contributed by atoms with E-state index in [9.17, 15) is 20.0 Å². The van der Waals surface area contributed by atoms with Crippen molar-refractivity contribution in [3.05, 3.63) is 87.5 Å². The Bertz CT molecular complexity index is 1080. The van der Waals surface area contributed by atoms with Crippen molar-refractivity contribution in [1.82, 2.24) is 0 Å². The first-order valence-electron chi connectivity index (χ1n) is 9.24. The number of benzene rings is 3. The van der Waals surface area contributed by atoms with Gasteiger partial charge in [-0.15, -0.1) is 0 Å². The van der Waals surface area contributed by atoms with Crippen molar-refractivity contribution < 1.29 is 24.3 Å². The number of nitro benzene ring substituents is 1. The van der Waals surface area contributed by atoms with Crippen LogP contribution in [0.1, 0.15) is 21.5 Å². The van der Waals surface area contributed by atoms with Crippen LogP contribution in [0.15, 0.2) is 60.7 Å². The molecule has 0 spiro atoms. The van der Waals surface area contributed by atoms with E-state index in [2.05, 4.69) is 0 Å². The summed E-state index contributed by atoms with van der Waals surface area (Å²) in [6, 6.07) is 16.2. The second-order valence-electron chi connectivity index (χ2n) is 6.52. The molecule has 0 unspecified atom stereocenters. The van der Waals surface area contributed by atoms with Gasteiger partial charge in [-0.05, 0) is 47.4 Å². The van der Waals surface area contributed by atoms with Gasteiger partial charge in [0, 0.05) is 29.9 Å². The number of hydrogen-bond donors (Lipinski definition) is 1. The fourth-order valence-corrected chi connectivity index (χ4v) is 3.34. The normalized spacial score (nSPS) is 10.5. The van der Waals surface area contributed by atoms with E-state index < -0.39 is 4.92 Å². The molecule has 0 atom stereocenters. The highest BCUT2D eigenvalue weighted by Crippen LogP contribution is 2.36. The van der Waals surface area contributed by atoms with Crippen molar-refractivity contribution in [2.75, 3.05) is 20.8 Å². The van der Waals surface area contributed by atoms with Gasteiger partial charge in [0.05, 0.1) is 19.1 Å². The zero-order valence-corrected chi connectivity index (χ0v) is 16.6. The summed E-state index contributed by atoms with van der Waals surface area (Å²) in [4.78, 5) is 23.7. The zero-order chi connectivity index (χ0) is 21.7. The fourth-order valence-electron chi connectivity index (χ4n) is 3.34. The molecule has 7 nitrogen and oxygen atoms in total. The number of ketones is 1. The van der Waals surface area contributed by atoms with Gasteiger partial charge in [0.15, 0.2) is 17.3 Å². The summed E-state index contributed by atoms with van der Waals surface area (Å²) in [5, 5.41) is 20.4. The van der Waals surface area contributed by atoms with Gasteiger partial charge in [0.25, 0.3) is 5.69 Å².